The molecule has 0 aliphatic carbocycles. The predicted octanol–water partition coefficient (Wildman–Crippen LogP) is 2.43. The zero-order valence-corrected chi connectivity index (χ0v) is 12.8. The normalized spacial score (nSPS) is 10.1. The number of carbonyl (C=O) groups is 1. The number of nitrogens with one attached hydrogen (secondary N) is 2. The summed E-state index contributed by atoms with van der Waals surface area (Å²) in [5.74, 6) is 1.13. The minimum Gasteiger partial charge on any atom is -0.466 e. The van der Waals surface area contributed by atoms with E-state index in [1.165, 1.54) is 0 Å². The Balaban J connectivity index is 2.39. The summed E-state index contributed by atoms with van der Waals surface area (Å²) in [6, 6.07) is 0. The van der Waals surface area contributed by atoms with Crippen LogP contribution in [0.15, 0.2) is 10.7 Å². The highest BCUT2D eigenvalue weighted by atomic mass is 79.9. The van der Waals surface area contributed by atoms with Gasteiger partial charge < -0.3 is 15.4 Å². The fourth-order valence-corrected chi connectivity index (χ4v) is 1.74. The molecule has 1 rings (SSSR count). The molecule has 0 fully saturated rings. The lowest BCUT2D eigenvalue weighted by Crippen LogP contribution is -2.10. The van der Waals surface area contributed by atoms with Crippen molar-refractivity contribution in [3.8, 4) is 0 Å². The number of hydrogen-bond donors (Lipinski definition) is 2. The first kappa shape index (κ1) is 15.7. The van der Waals surface area contributed by atoms with Gasteiger partial charge in [0.15, 0.2) is 0 Å². The second-order valence-electron chi connectivity index (χ2n) is 3.76. The molecule has 1 aromatic heterocycles. The maximum atomic E-state index is 11.2. The molecule has 0 radical (unpaired) electrons. The Hall–Kier alpha value is -1.37. The minimum absolute atomic E-state index is 0.167. The number of hydrogen-bond acceptors (Lipinski definition) is 6. The van der Waals surface area contributed by atoms with E-state index in [-0.39, 0.29) is 5.97 Å². The van der Waals surface area contributed by atoms with Gasteiger partial charge in [-0.1, -0.05) is 0 Å². The van der Waals surface area contributed by atoms with Crippen LogP contribution in [0.2, 0.25) is 0 Å². The van der Waals surface area contributed by atoms with Gasteiger partial charge in [0, 0.05) is 25.7 Å². The molecule has 0 aliphatic heterocycles. The maximum Gasteiger partial charge on any atom is 0.305 e. The zero-order chi connectivity index (χ0) is 14.1. The number of ether oxygens (including phenoxy) is 1. The molecule has 0 amide bonds. The van der Waals surface area contributed by atoms with Gasteiger partial charge in [0.25, 0.3) is 0 Å². The summed E-state index contributed by atoms with van der Waals surface area (Å²) < 4.78 is 5.65. The molecule has 0 saturated heterocycles. The van der Waals surface area contributed by atoms with Gasteiger partial charge in [0.1, 0.15) is 5.82 Å². The molecule has 0 aromatic carbocycles. The van der Waals surface area contributed by atoms with Crippen molar-refractivity contribution in [1.29, 1.82) is 0 Å². The first-order valence-corrected chi connectivity index (χ1v) is 7.12. The third-order valence-corrected chi connectivity index (χ3v) is 2.81. The molecule has 0 spiro atoms. The van der Waals surface area contributed by atoms with Crippen LogP contribution in [0.1, 0.15) is 26.7 Å². The molecular formula is C12H19BrN4O2. The molecule has 0 saturated carbocycles. The molecule has 0 unspecified atom stereocenters. The number of aromatic nitrogens is 2. The van der Waals surface area contributed by atoms with E-state index in [1.54, 1.807) is 13.1 Å². The monoisotopic (exact) mass is 330 g/mol. The SMILES string of the molecule is CCNc1ncc(Br)c(NCCCC(=O)OCC)n1. The molecule has 6 nitrogen and oxygen atoms in total. The summed E-state index contributed by atoms with van der Waals surface area (Å²) in [5.41, 5.74) is 0. The molecule has 1 aromatic rings. The van der Waals surface area contributed by atoms with Crippen LogP contribution in [0.4, 0.5) is 11.8 Å². The first-order valence-electron chi connectivity index (χ1n) is 6.33. The fraction of sp³-hybridized carbons (Fsp3) is 0.583. The number of halogens is 1. The Labute approximate surface area is 121 Å². The average molecular weight is 331 g/mol. The number of anilines is 2. The zero-order valence-electron chi connectivity index (χ0n) is 11.2. The van der Waals surface area contributed by atoms with Crippen molar-refractivity contribution >= 4 is 33.7 Å². The predicted molar refractivity (Wildman–Crippen MR) is 78.3 cm³/mol. The molecule has 1 heterocycles. The standard InChI is InChI=1S/C12H19BrN4O2/c1-3-14-12-16-8-9(13)11(17-12)15-7-5-6-10(18)19-4-2/h8H,3-7H2,1-2H3,(H2,14,15,16,17). The summed E-state index contributed by atoms with van der Waals surface area (Å²) >= 11 is 3.38. The third kappa shape index (κ3) is 5.87. The van der Waals surface area contributed by atoms with Crippen LogP contribution in [0.5, 0.6) is 0 Å². The molecule has 106 valence electrons. The third-order valence-electron chi connectivity index (χ3n) is 2.23. The largest absolute Gasteiger partial charge is 0.466 e. The molecule has 0 bridgehead atoms. The van der Waals surface area contributed by atoms with Crippen LogP contribution in [0, 0.1) is 0 Å². The highest BCUT2D eigenvalue weighted by Crippen LogP contribution is 2.19. The van der Waals surface area contributed by atoms with Crippen molar-refractivity contribution in [2.75, 3.05) is 30.3 Å². The van der Waals surface area contributed by atoms with E-state index in [1.807, 2.05) is 6.92 Å². The number of rotatable bonds is 8. The lowest BCUT2D eigenvalue weighted by molar-refractivity contribution is -0.143. The topological polar surface area (TPSA) is 76.1 Å². The summed E-state index contributed by atoms with van der Waals surface area (Å²) in [6.07, 6.45) is 2.80. The summed E-state index contributed by atoms with van der Waals surface area (Å²) in [5, 5.41) is 6.21. The van der Waals surface area contributed by atoms with E-state index in [0.29, 0.717) is 31.9 Å². The lowest BCUT2D eigenvalue weighted by atomic mass is 10.3. The van der Waals surface area contributed by atoms with Gasteiger partial charge in [-0.25, -0.2) is 4.98 Å². The van der Waals surface area contributed by atoms with Crippen molar-refractivity contribution in [3.63, 3.8) is 0 Å². The Bertz CT molecular complexity index is 415. The van der Waals surface area contributed by atoms with Gasteiger partial charge in [0.2, 0.25) is 5.95 Å². The molecule has 19 heavy (non-hydrogen) atoms. The average Bonchev–Trinajstić information content (AvgIpc) is 2.39. The van der Waals surface area contributed by atoms with Gasteiger partial charge in [-0.2, -0.15) is 4.98 Å². The first-order chi connectivity index (χ1) is 9.17. The van der Waals surface area contributed by atoms with Gasteiger partial charge >= 0.3 is 5.97 Å². The number of carbonyl (C=O) groups excluding carboxylic acids is 1. The Morgan fingerprint density at radius 2 is 2.21 bits per heavy atom. The van der Waals surface area contributed by atoms with Crippen LogP contribution in [-0.2, 0) is 9.53 Å². The van der Waals surface area contributed by atoms with Crippen molar-refractivity contribution in [1.82, 2.24) is 9.97 Å². The van der Waals surface area contributed by atoms with Crippen molar-refractivity contribution < 1.29 is 9.53 Å². The molecule has 2 N–H and O–H groups in total. The minimum atomic E-state index is -0.167. The Kier molecular flexibility index (Phi) is 7.17. The van der Waals surface area contributed by atoms with E-state index in [2.05, 4.69) is 36.5 Å². The van der Waals surface area contributed by atoms with Gasteiger partial charge in [0.05, 0.1) is 11.1 Å². The smallest absolute Gasteiger partial charge is 0.305 e. The second-order valence-corrected chi connectivity index (χ2v) is 4.61. The maximum absolute atomic E-state index is 11.2. The highest BCUT2D eigenvalue weighted by Gasteiger charge is 2.05. The van der Waals surface area contributed by atoms with Crippen LogP contribution < -0.4 is 10.6 Å². The van der Waals surface area contributed by atoms with E-state index in [0.717, 1.165) is 16.8 Å². The van der Waals surface area contributed by atoms with E-state index >= 15 is 0 Å². The molecule has 0 atom stereocenters. The van der Waals surface area contributed by atoms with Gasteiger partial charge in [-0.05, 0) is 36.2 Å². The Morgan fingerprint density at radius 3 is 2.89 bits per heavy atom. The van der Waals surface area contributed by atoms with E-state index in [4.69, 9.17) is 4.74 Å². The molecular weight excluding hydrogens is 312 g/mol. The molecule has 0 aliphatic rings. The quantitative estimate of drug-likeness (QED) is 0.563. The highest BCUT2D eigenvalue weighted by molar-refractivity contribution is 9.10. The van der Waals surface area contributed by atoms with Crippen molar-refractivity contribution in [2.45, 2.75) is 26.7 Å². The van der Waals surface area contributed by atoms with Crippen LogP contribution in [-0.4, -0.2) is 35.6 Å². The summed E-state index contributed by atoms with van der Waals surface area (Å²) in [7, 11) is 0. The molecule has 7 heteroatoms. The van der Waals surface area contributed by atoms with Gasteiger partial charge in [-0.15, -0.1) is 0 Å². The van der Waals surface area contributed by atoms with E-state index in [9.17, 15) is 4.79 Å². The van der Waals surface area contributed by atoms with Crippen LogP contribution in [0.25, 0.3) is 0 Å². The second kappa shape index (κ2) is 8.68. The Morgan fingerprint density at radius 1 is 1.42 bits per heavy atom. The summed E-state index contributed by atoms with van der Waals surface area (Å²) in [6.45, 7) is 5.63. The van der Waals surface area contributed by atoms with Crippen LogP contribution >= 0.6 is 15.9 Å². The van der Waals surface area contributed by atoms with Crippen LogP contribution in [0.3, 0.4) is 0 Å². The van der Waals surface area contributed by atoms with Gasteiger partial charge in [-0.3, -0.25) is 4.79 Å². The summed E-state index contributed by atoms with van der Waals surface area (Å²) in [4.78, 5) is 19.6. The lowest BCUT2D eigenvalue weighted by Gasteiger charge is -2.09. The number of nitrogens with zero attached hydrogens (tertiary/aromatic N) is 2. The number of esters is 1. The van der Waals surface area contributed by atoms with E-state index < -0.39 is 0 Å². The van der Waals surface area contributed by atoms with Crippen molar-refractivity contribution in [3.05, 3.63) is 10.7 Å². The fourth-order valence-electron chi connectivity index (χ4n) is 1.41. The van der Waals surface area contributed by atoms with Crippen molar-refractivity contribution in [2.24, 2.45) is 0 Å².